The van der Waals surface area contributed by atoms with Gasteiger partial charge in [-0.05, 0) is 37.0 Å². The van der Waals surface area contributed by atoms with E-state index in [9.17, 15) is 9.18 Å². The molecule has 1 aliphatic heterocycles. The SMILES string of the molecule is Cn1ccnc1CC1CCCN(C(=O)Nc2cccc(F)c2)C1. The fourth-order valence-electron chi connectivity index (χ4n) is 3.04. The minimum absolute atomic E-state index is 0.167. The molecule has 1 atom stereocenters. The van der Waals surface area contributed by atoms with E-state index in [0.717, 1.165) is 31.6 Å². The fraction of sp³-hybridized carbons (Fsp3) is 0.412. The van der Waals surface area contributed by atoms with Crippen LogP contribution in [0.3, 0.4) is 0 Å². The number of rotatable bonds is 3. The Kier molecular flexibility index (Phi) is 4.60. The van der Waals surface area contributed by atoms with E-state index in [1.165, 1.54) is 12.1 Å². The maximum absolute atomic E-state index is 13.2. The molecule has 1 aromatic heterocycles. The standard InChI is InChI=1S/C17H21FN4O/c1-21-9-7-19-16(21)10-13-4-3-8-22(12-13)17(23)20-15-6-2-5-14(18)11-15/h2,5-7,9,11,13H,3-4,8,10,12H2,1H3,(H,20,23). The van der Waals surface area contributed by atoms with E-state index in [4.69, 9.17) is 0 Å². The summed E-state index contributed by atoms with van der Waals surface area (Å²) < 4.78 is 15.2. The quantitative estimate of drug-likeness (QED) is 0.946. The Bertz CT molecular complexity index is 685. The first kappa shape index (κ1) is 15.5. The lowest BCUT2D eigenvalue weighted by atomic mass is 9.94. The first-order chi connectivity index (χ1) is 11.1. The van der Waals surface area contributed by atoms with E-state index in [1.54, 1.807) is 18.3 Å². The van der Waals surface area contributed by atoms with Crippen LogP contribution in [0.5, 0.6) is 0 Å². The third kappa shape index (κ3) is 3.88. The Labute approximate surface area is 135 Å². The molecule has 1 N–H and O–H groups in total. The molecule has 5 nitrogen and oxygen atoms in total. The van der Waals surface area contributed by atoms with Crippen molar-refractivity contribution in [3.05, 3.63) is 48.3 Å². The Morgan fingerprint density at radius 2 is 2.35 bits per heavy atom. The van der Waals surface area contributed by atoms with Crippen molar-refractivity contribution in [1.82, 2.24) is 14.5 Å². The lowest BCUT2D eigenvalue weighted by Gasteiger charge is -2.32. The van der Waals surface area contributed by atoms with Crippen molar-refractivity contribution in [2.45, 2.75) is 19.3 Å². The molecule has 0 saturated carbocycles. The van der Waals surface area contributed by atoms with Gasteiger partial charge < -0.3 is 14.8 Å². The molecule has 1 fully saturated rings. The molecule has 6 heteroatoms. The van der Waals surface area contributed by atoms with Crippen molar-refractivity contribution in [1.29, 1.82) is 0 Å². The monoisotopic (exact) mass is 316 g/mol. The Hall–Kier alpha value is -2.37. The van der Waals surface area contributed by atoms with Crippen molar-refractivity contribution in [3.63, 3.8) is 0 Å². The van der Waals surface area contributed by atoms with Gasteiger partial charge in [0, 0.05) is 44.6 Å². The molecule has 2 heterocycles. The highest BCUT2D eigenvalue weighted by Gasteiger charge is 2.24. The Morgan fingerprint density at radius 1 is 1.48 bits per heavy atom. The van der Waals surface area contributed by atoms with Gasteiger partial charge in [0.05, 0.1) is 0 Å². The van der Waals surface area contributed by atoms with Crippen molar-refractivity contribution in [2.24, 2.45) is 13.0 Å². The second kappa shape index (κ2) is 6.81. The molecule has 0 aliphatic carbocycles. The normalized spacial score (nSPS) is 18.0. The second-order valence-corrected chi connectivity index (χ2v) is 6.05. The van der Waals surface area contributed by atoms with Crippen molar-refractivity contribution in [3.8, 4) is 0 Å². The van der Waals surface area contributed by atoms with Crippen LogP contribution in [-0.4, -0.2) is 33.6 Å². The number of nitrogens with one attached hydrogen (secondary N) is 1. The first-order valence-corrected chi connectivity index (χ1v) is 7.89. The van der Waals surface area contributed by atoms with Gasteiger partial charge >= 0.3 is 6.03 Å². The number of anilines is 1. The molecule has 2 aromatic rings. The van der Waals surface area contributed by atoms with Gasteiger partial charge in [-0.2, -0.15) is 0 Å². The third-order valence-electron chi connectivity index (χ3n) is 4.27. The van der Waals surface area contributed by atoms with Gasteiger partial charge in [0.1, 0.15) is 11.6 Å². The van der Waals surface area contributed by atoms with Crippen molar-refractivity contribution < 1.29 is 9.18 Å². The van der Waals surface area contributed by atoms with Crippen LogP contribution in [0.15, 0.2) is 36.7 Å². The van der Waals surface area contributed by atoms with Crippen molar-refractivity contribution >= 4 is 11.7 Å². The zero-order valence-electron chi connectivity index (χ0n) is 13.2. The summed E-state index contributed by atoms with van der Waals surface area (Å²) in [4.78, 5) is 18.5. The van der Waals surface area contributed by atoms with E-state index in [-0.39, 0.29) is 11.8 Å². The maximum Gasteiger partial charge on any atom is 0.321 e. The lowest BCUT2D eigenvalue weighted by molar-refractivity contribution is 0.176. The predicted molar refractivity (Wildman–Crippen MR) is 86.6 cm³/mol. The number of likely N-dealkylation sites (tertiary alicyclic amines) is 1. The number of hydrogen-bond acceptors (Lipinski definition) is 2. The number of piperidine rings is 1. The van der Waals surface area contributed by atoms with Crippen LogP contribution in [0.4, 0.5) is 14.9 Å². The van der Waals surface area contributed by atoms with E-state index in [2.05, 4.69) is 10.3 Å². The Balaban J connectivity index is 1.59. The molecule has 1 unspecified atom stereocenters. The molecule has 23 heavy (non-hydrogen) atoms. The molecule has 0 bridgehead atoms. The number of aryl methyl sites for hydroxylation is 1. The van der Waals surface area contributed by atoms with Crippen LogP contribution in [0.25, 0.3) is 0 Å². The summed E-state index contributed by atoms with van der Waals surface area (Å²) in [6.45, 7) is 1.44. The number of aromatic nitrogens is 2. The van der Waals surface area contributed by atoms with Gasteiger partial charge in [-0.25, -0.2) is 14.2 Å². The summed E-state index contributed by atoms with van der Waals surface area (Å²) in [5.74, 6) is 1.10. The average molecular weight is 316 g/mol. The number of halogens is 1. The number of amides is 2. The molecule has 3 rings (SSSR count). The summed E-state index contributed by atoms with van der Waals surface area (Å²) >= 11 is 0. The largest absolute Gasteiger partial charge is 0.338 e. The topological polar surface area (TPSA) is 50.2 Å². The van der Waals surface area contributed by atoms with Crippen LogP contribution in [0, 0.1) is 11.7 Å². The van der Waals surface area contributed by atoms with E-state index in [1.807, 2.05) is 22.7 Å². The minimum Gasteiger partial charge on any atom is -0.338 e. The van der Waals surface area contributed by atoms with Crippen LogP contribution >= 0.6 is 0 Å². The highest BCUT2D eigenvalue weighted by Crippen LogP contribution is 2.21. The number of urea groups is 1. The van der Waals surface area contributed by atoms with Crippen LogP contribution in [0.1, 0.15) is 18.7 Å². The lowest BCUT2D eigenvalue weighted by Crippen LogP contribution is -2.43. The first-order valence-electron chi connectivity index (χ1n) is 7.89. The van der Waals surface area contributed by atoms with Gasteiger partial charge in [0.2, 0.25) is 0 Å². The molecule has 0 spiro atoms. The van der Waals surface area contributed by atoms with Crippen LogP contribution in [0.2, 0.25) is 0 Å². The minimum atomic E-state index is -0.353. The van der Waals surface area contributed by atoms with E-state index < -0.39 is 0 Å². The molecular weight excluding hydrogens is 295 g/mol. The predicted octanol–water partition coefficient (Wildman–Crippen LogP) is 3.05. The van der Waals surface area contributed by atoms with E-state index in [0.29, 0.717) is 18.2 Å². The van der Waals surface area contributed by atoms with Crippen LogP contribution in [-0.2, 0) is 13.5 Å². The summed E-state index contributed by atoms with van der Waals surface area (Å²) in [5.41, 5.74) is 0.487. The fourth-order valence-corrected chi connectivity index (χ4v) is 3.04. The number of hydrogen-bond donors (Lipinski definition) is 1. The molecule has 2 amide bonds. The van der Waals surface area contributed by atoms with Gasteiger partial charge in [-0.1, -0.05) is 6.07 Å². The van der Waals surface area contributed by atoms with Gasteiger partial charge in [0.25, 0.3) is 0 Å². The maximum atomic E-state index is 13.2. The van der Waals surface area contributed by atoms with Gasteiger partial charge in [0.15, 0.2) is 0 Å². The Morgan fingerprint density at radius 3 is 3.09 bits per heavy atom. The summed E-state index contributed by atoms with van der Waals surface area (Å²) in [6.07, 6.45) is 6.68. The number of carbonyl (C=O) groups is 1. The molecule has 1 aromatic carbocycles. The zero-order chi connectivity index (χ0) is 16.2. The summed E-state index contributed by atoms with van der Waals surface area (Å²) in [7, 11) is 1.99. The van der Waals surface area contributed by atoms with Crippen LogP contribution < -0.4 is 5.32 Å². The molecule has 122 valence electrons. The number of imidazole rings is 1. The van der Waals surface area contributed by atoms with Crippen molar-refractivity contribution in [2.75, 3.05) is 18.4 Å². The highest BCUT2D eigenvalue weighted by atomic mass is 19.1. The average Bonchev–Trinajstić information content (AvgIpc) is 2.93. The highest BCUT2D eigenvalue weighted by molar-refractivity contribution is 5.89. The number of carbonyl (C=O) groups excluding carboxylic acids is 1. The summed E-state index contributed by atoms with van der Waals surface area (Å²) in [5, 5.41) is 2.77. The molecule has 0 radical (unpaired) electrons. The van der Waals surface area contributed by atoms with Gasteiger partial charge in [-0.3, -0.25) is 0 Å². The second-order valence-electron chi connectivity index (χ2n) is 6.05. The number of benzene rings is 1. The number of nitrogens with zero attached hydrogens (tertiary/aromatic N) is 3. The zero-order valence-corrected chi connectivity index (χ0v) is 13.2. The third-order valence-corrected chi connectivity index (χ3v) is 4.27. The van der Waals surface area contributed by atoms with Gasteiger partial charge in [-0.15, -0.1) is 0 Å². The molecule has 1 saturated heterocycles. The smallest absolute Gasteiger partial charge is 0.321 e. The summed E-state index contributed by atoms with van der Waals surface area (Å²) in [6, 6.07) is 5.80. The molecule has 1 aliphatic rings. The molecular formula is C17H21FN4O. The van der Waals surface area contributed by atoms with E-state index >= 15 is 0 Å².